The van der Waals surface area contributed by atoms with Crippen molar-refractivity contribution in [3.63, 3.8) is 0 Å². The number of methoxy groups -OCH3 is 1. The number of hydrogen-bond acceptors (Lipinski definition) is 4. The topological polar surface area (TPSA) is 39.2 Å². The summed E-state index contributed by atoms with van der Waals surface area (Å²) in [6.07, 6.45) is 0.822. The first-order valence-electron chi connectivity index (χ1n) is 6.22. The second-order valence-electron chi connectivity index (χ2n) is 4.54. The number of para-hydroxylation sites is 1. The summed E-state index contributed by atoms with van der Waals surface area (Å²) in [5.74, 6) is 0.588. The molecule has 0 unspecified atom stereocenters. The van der Waals surface area contributed by atoms with E-state index in [1.54, 1.807) is 18.4 Å². The number of aryl methyl sites for hydroxylation is 1. The maximum atomic E-state index is 11.2. The highest BCUT2D eigenvalue weighted by molar-refractivity contribution is 7.21. The molecule has 0 N–H and O–H groups in total. The van der Waals surface area contributed by atoms with Crippen molar-refractivity contribution < 1.29 is 9.53 Å². The highest BCUT2D eigenvalue weighted by atomic mass is 32.1. The Hall–Kier alpha value is -2.20. The molecule has 3 nitrogen and oxygen atoms in total. The molecule has 0 aliphatic carbocycles. The summed E-state index contributed by atoms with van der Waals surface area (Å²) in [5.41, 5.74) is 3.41. The number of aromatic nitrogens is 1. The number of carbonyl (C=O) groups excluding carboxylic acids is 1. The first-order valence-corrected chi connectivity index (χ1v) is 7.04. The zero-order valence-electron chi connectivity index (χ0n) is 11.2. The minimum Gasteiger partial charge on any atom is -0.495 e. The van der Waals surface area contributed by atoms with Crippen LogP contribution in [0.25, 0.3) is 20.8 Å². The van der Waals surface area contributed by atoms with Gasteiger partial charge in [-0.3, -0.25) is 4.79 Å². The number of thiazole rings is 1. The molecule has 1 heterocycles. The highest BCUT2D eigenvalue weighted by Crippen LogP contribution is 2.37. The van der Waals surface area contributed by atoms with Crippen LogP contribution in [0.5, 0.6) is 5.75 Å². The fraction of sp³-hybridized carbons (Fsp3) is 0.125. The third-order valence-electron chi connectivity index (χ3n) is 3.12. The summed E-state index contributed by atoms with van der Waals surface area (Å²) < 4.78 is 6.53. The number of carbonyl (C=O) groups is 1. The largest absolute Gasteiger partial charge is 0.495 e. The van der Waals surface area contributed by atoms with Crippen molar-refractivity contribution in [2.45, 2.75) is 6.92 Å². The molecule has 2 aromatic carbocycles. The number of rotatable bonds is 3. The zero-order chi connectivity index (χ0) is 14.1. The summed E-state index contributed by atoms with van der Waals surface area (Å²) in [7, 11) is 1.58. The van der Waals surface area contributed by atoms with Crippen LogP contribution in [0.2, 0.25) is 0 Å². The smallest absolute Gasteiger partial charge is 0.153 e. The molecule has 1 aromatic heterocycles. The molecule has 0 aliphatic rings. The van der Waals surface area contributed by atoms with Crippen molar-refractivity contribution >= 4 is 27.8 Å². The van der Waals surface area contributed by atoms with E-state index in [4.69, 9.17) is 4.74 Å². The Balaban J connectivity index is 2.27. The van der Waals surface area contributed by atoms with E-state index < -0.39 is 0 Å². The first-order chi connectivity index (χ1) is 9.72. The Bertz CT molecular complexity index is 759. The highest BCUT2D eigenvalue weighted by Gasteiger charge is 2.15. The van der Waals surface area contributed by atoms with Gasteiger partial charge in [0.15, 0.2) is 6.29 Å². The SMILES string of the molecule is COc1c(C=O)cc(C)cc1-c1nc2ccccc2s1. The predicted molar refractivity (Wildman–Crippen MR) is 81.7 cm³/mol. The Morgan fingerprint density at radius 3 is 2.75 bits per heavy atom. The molecule has 0 radical (unpaired) electrons. The van der Waals surface area contributed by atoms with Gasteiger partial charge in [0.1, 0.15) is 10.8 Å². The van der Waals surface area contributed by atoms with Gasteiger partial charge in [-0.05, 0) is 36.8 Å². The molecular formula is C16H13NO2S. The van der Waals surface area contributed by atoms with Gasteiger partial charge in [-0.1, -0.05) is 12.1 Å². The van der Waals surface area contributed by atoms with Crippen LogP contribution in [-0.4, -0.2) is 18.4 Å². The second kappa shape index (κ2) is 5.06. The van der Waals surface area contributed by atoms with Gasteiger partial charge >= 0.3 is 0 Å². The number of ether oxygens (including phenoxy) is 1. The fourth-order valence-electron chi connectivity index (χ4n) is 2.26. The van der Waals surface area contributed by atoms with E-state index in [1.807, 2.05) is 43.3 Å². The van der Waals surface area contributed by atoms with Crippen LogP contribution >= 0.6 is 11.3 Å². The Kier molecular flexibility index (Phi) is 3.24. The summed E-state index contributed by atoms with van der Waals surface area (Å²) in [6.45, 7) is 1.96. The van der Waals surface area contributed by atoms with E-state index in [0.717, 1.165) is 32.6 Å². The van der Waals surface area contributed by atoms with Crippen LogP contribution in [-0.2, 0) is 0 Å². The monoisotopic (exact) mass is 283 g/mol. The maximum absolute atomic E-state index is 11.2. The van der Waals surface area contributed by atoms with Gasteiger partial charge in [0.25, 0.3) is 0 Å². The average molecular weight is 283 g/mol. The predicted octanol–water partition coefficient (Wildman–Crippen LogP) is 4.09. The number of nitrogens with zero attached hydrogens (tertiary/aromatic N) is 1. The van der Waals surface area contributed by atoms with Crippen molar-refractivity contribution in [2.75, 3.05) is 7.11 Å². The number of hydrogen-bond donors (Lipinski definition) is 0. The van der Waals surface area contributed by atoms with Crippen molar-refractivity contribution in [1.82, 2.24) is 4.98 Å². The van der Waals surface area contributed by atoms with Gasteiger partial charge in [0.05, 0.1) is 28.5 Å². The Morgan fingerprint density at radius 2 is 2.05 bits per heavy atom. The normalized spacial score (nSPS) is 10.7. The summed E-state index contributed by atoms with van der Waals surface area (Å²) >= 11 is 1.60. The lowest BCUT2D eigenvalue weighted by molar-refractivity contribution is 0.112. The molecule has 0 spiro atoms. The van der Waals surface area contributed by atoms with Gasteiger partial charge in [-0.25, -0.2) is 4.98 Å². The van der Waals surface area contributed by atoms with E-state index in [1.165, 1.54) is 0 Å². The molecule has 0 fully saturated rings. The minimum absolute atomic E-state index is 0.557. The third-order valence-corrected chi connectivity index (χ3v) is 4.19. The van der Waals surface area contributed by atoms with E-state index in [-0.39, 0.29) is 0 Å². The molecule has 0 aliphatic heterocycles. The van der Waals surface area contributed by atoms with E-state index in [2.05, 4.69) is 4.98 Å². The molecule has 3 rings (SSSR count). The lowest BCUT2D eigenvalue weighted by Crippen LogP contribution is -1.95. The molecule has 0 saturated carbocycles. The second-order valence-corrected chi connectivity index (χ2v) is 5.57. The molecule has 100 valence electrons. The van der Waals surface area contributed by atoms with Crippen LogP contribution in [0.4, 0.5) is 0 Å². The number of benzene rings is 2. The summed E-state index contributed by atoms with van der Waals surface area (Å²) in [5, 5.41) is 0.870. The Labute approximate surface area is 120 Å². The standard InChI is InChI=1S/C16H13NO2S/c1-10-7-11(9-18)15(19-2)12(8-10)16-17-13-5-3-4-6-14(13)20-16/h3-9H,1-2H3. The lowest BCUT2D eigenvalue weighted by atomic mass is 10.1. The van der Waals surface area contributed by atoms with Crippen LogP contribution in [0.15, 0.2) is 36.4 Å². The van der Waals surface area contributed by atoms with Crippen LogP contribution in [0, 0.1) is 6.92 Å². The van der Waals surface area contributed by atoms with Crippen molar-refractivity contribution in [3.05, 3.63) is 47.5 Å². The van der Waals surface area contributed by atoms with E-state index in [9.17, 15) is 4.79 Å². The number of aldehydes is 1. The van der Waals surface area contributed by atoms with Gasteiger partial charge in [0, 0.05) is 0 Å². The maximum Gasteiger partial charge on any atom is 0.153 e. The molecular weight excluding hydrogens is 270 g/mol. The van der Waals surface area contributed by atoms with Crippen molar-refractivity contribution in [2.24, 2.45) is 0 Å². The minimum atomic E-state index is 0.557. The van der Waals surface area contributed by atoms with Gasteiger partial charge in [-0.2, -0.15) is 0 Å². The van der Waals surface area contributed by atoms with Gasteiger partial charge in [-0.15, -0.1) is 11.3 Å². The molecule has 20 heavy (non-hydrogen) atoms. The fourth-order valence-corrected chi connectivity index (χ4v) is 3.24. The lowest BCUT2D eigenvalue weighted by Gasteiger charge is -2.09. The van der Waals surface area contributed by atoms with Crippen molar-refractivity contribution in [3.8, 4) is 16.3 Å². The van der Waals surface area contributed by atoms with Crippen molar-refractivity contribution in [1.29, 1.82) is 0 Å². The zero-order valence-corrected chi connectivity index (χ0v) is 12.0. The number of fused-ring (bicyclic) bond motifs is 1. The van der Waals surface area contributed by atoms with E-state index >= 15 is 0 Å². The van der Waals surface area contributed by atoms with Crippen LogP contribution in [0.3, 0.4) is 0 Å². The summed E-state index contributed by atoms with van der Waals surface area (Å²) in [6, 6.07) is 11.8. The molecule has 0 bridgehead atoms. The van der Waals surface area contributed by atoms with Crippen LogP contribution in [0.1, 0.15) is 15.9 Å². The molecule has 0 saturated heterocycles. The summed E-state index contributed by atoms with van der Waals surface area (Å²) in [4.78, 5) is 15.8. The average Bonchev–Trinajstić information content (AvgIpc) is 2.90. The molecule has 0 atom stereocenters. The Morgan fingerprint density at radius 1 is 1.25 bits per heavy atom. The van der Waals surface area contributed by atoms with E-state index in [0.29, 0.717) is 11.3 Å². The van der Waals surface area contributed by atoms with Gasteiger partial charge < -0.3 is 4.74 Å². The first kappa shape index (κ1) is 12.8. The quantitative estimate of drug-likeness (QED) is 0.679. The molecule has 0 amide bonds. The van der Waals surface area contributed by atoms with Gasteiger partial charge in [0.2, 0.25) is 0 Å². The molecule has 3 aromatic rings. The molecule has 4 heteroatoms. The third kappa shape index (κ3) is 2.08. The van der Waals surface area contributed by atoms with Crippen LogP contribution < -0.4 is 4.74 Å².